The summed E-state index contributed by atoms with van der Waals surface area (Å²) < 4.78 is 6.00. The van der Waals surface area contributed by atoms with Crippen molar-refractivity contribution in [2.24, 2.45) is 0 Å². The van der Waals surface area contributed by atoms with Crippen molar-refractivity contribution >= 4 is 18.3 Å². The Hall–Kier alpha value is 0.394. The van der Waals surface area contributed by atoms with Gasteiger partial charge in [-0.05, 0) is 19.3 Å². The van der Waals surface area contributed by atoms with Crippen LogP contribution < -0.4 is 0 Å². The van der Waals surface area contributed by atoms with Crippen LogP contribution in [-0.4, -0.2) is 29.8 Å². The van der Waals surface area contributed by atoms with E-state index in [0.717, 1.165) is 6.61 Å². The maximum absolute atomic E-state index is 6.00. The zero-order chi connectivity index (χ0) is 8.32. The van der Waals surface area contributed by atoms with Crippen LogP contribution in [0.4, 0.5) is 0 Å². The summed E-state index contributed by atoms with van der Waals surface area (Å²) in [6, 6.07) is 0. The van der Waals surface area contributed by atoms with Gasteiger partial charge in [-0.1, -0.05) is 19.6 Å². The van der Waals surface area contributed by atoms with Crippen molar-refractivity contribution in [1.29, 1.82) is 0 Å². The van der Waals surface area contributed by atoms with Gasteiger partial charge in [0.05, 0.1) is 18.3 Å². The highest BCUT2D eigenvalue weighted by molar-refractivity contribution is 6.72. The molecule has 1 saturated heterocycles. The molecule has 0 N–H and O–H groups in total. The molecular formula is C8H20OSi2. The molecule has 0 amide bonds. The fraction of sp³-hybridized carbons (Fsp3) is 1.00. The predicted molar refractivity (Wildman–Crippen MR) is 55.8 cm³/mol. The average Bonchev–Trinajstić information content (AvgIpc) is 2.05. The monoisotopic (exact) mass is 188 g/mol. The second kappa shape index (κ2) is 3.87. The molecule has 11 heavy (non-hydrogen) atoms. The van der Waals surface area contributed by atoms with E-state index in [1.54, 1.807) is 0 Å². The van der Waals surface area contributed by atoms with Crippen molar-refractivity contribution in [1.82, 2.24) is 0 Å². The van der Waals surface area contributed by atoms with Crippen LogP contribution in [0.25, 0.3) is 0 Å². The lowest BCUT2D eigenvalue weighted by atomic mass is 10.2. The molecule has 0 spiro atoms. The van der Waals surface area contributed by atoms with Crippen molar-refractivity contribution in [3.05, 3.63) is 0 Å². The number of ether oxygens (including phenoxy) is 1. The normalized spacial score (nSPS) is 33.8. The molecule has 0 aromatic heterocycles. The first-order valence-electron chi connectivity index (χ1n) is 4.85. The third-order valence-electron chi connectivity index (χ3n) is 3.03. The minimum atomic E-state index is -0.548. The Morgan fingerprint density at radius 2 is 2.09 bits per heavy atom. The van der Waals surface area contributed by atoms with E-state index in [0.29, 0.717) is 4.85 Å². The van der Waals surface area contributed by atoms with E-state index >= 15 is 0 Å². The molecule has 0 aliphatic carbocycles. The fourth-order valence-electron chi connectivity index (χ4n) is 2.02. The summed E-state index contributed by atoms with van der Waals surface area (Å²) in [5.74, 6) is 0. The van der Waals surface area contributed by atoms with Crippen LogP contribution in [0.15, 0.2) is 0 Å². The van der Waals surface area contributed by atoms with Crippen LogP contribution in [0.2, 0.25) is 19.6 Å². The SMILES string of the molecule is C[SiH2]C1([SiH](C)C)CCCCO1. The van der Waals surface area contributed by atoms with Crippen molar-refractivity contribution in [2.75, 3.05) is 6.61 Å². The minimum Gasteiger partial charge on any atom is -0.383 e. The molecule has 0 saturated carbocycles. The van der Waals surface area contributed by atoms with Gasteiger partial charge in [0.2, 0.25) is 0 Å². The molecule has 0 bridgehead atoms. The summed E-state index contributed by atoms with van der Waals surface area (Å²) in [5.41, 5.74) is 0. The standard InChI is InChI=1S/C8H20OSi2/c1-10-8(11(2)3)6-4-5-7-9-8/h11H,4-7,10H2,1-3H3. The lowest BCUT2D eigenvalue weighted by molar-refractivity contribution is 0.0314. The Kier molecular flexibility index (Phi) is 3.34. The van der Waals surface area contributed by atoms with E-state index in [-0.39, 0.29) is 9.52 Å². The van der Waals surface area contributed by atoms with Crippen LogP contribution in [0, 0.1) is 0 Å². The van der Waals surface area contributed by atoms with Crippen molar-refractivity contribution in [2.45, 2.75) is 43.8 Å². The summed E-state index contributed by atoms with van der Waals surface area (Å²) in [7, 11) is -0.495. The molecule has 3 heteroatoms. The molecule has 1 nitrogen and oxygen atoms in total. The largest absolute Gasteiger partial charge is 0.383 e. The van der Waals surface area contributed by atoms with E-state index < -0.39 is 8.80 Å². The summed E-state index contributed by atoms with van der Waals surface area (Å²) in [6.07, 6.45) is 4.11. The first kappa shape index (κ1) is 9.48. The van der Waals surface area contributed by atoms with Crippen LogP contribution in [0.3, 0.4) is 0 Å². The van der Waals surface area contributed by atoms with Crippen molar-refractivity contribution < 1.29 is 4.74 Å². The Balaban J connectivity index is 2.57. The smallest absolute Gasteiger partial charge is 0.0645 e. The van der Waals surface area contributed by atoms with E-state index in [4.69, 9.17) is 4.74 Å². The van der Waals surface area contributed by atoms with Gasteiger partial charge < -0.3 is 4.74 Å². The number of hydrogen-bond acceptors (Lipinski definition) is 1. The van der Waals surface area contributed by atoms with Gasteiger partial charge in [-0.3, -0.25) is 0 Å². The van der Waals surface area contributed by atoms with Crippen LogP contribution in [0.5, 0.6) is 0 Å². The van der Waals surface area contributed by atoms with Gasteiger partial charge >= 0.3 is 0 Å². The van der Waals surface area contributed by atoms with Gasteiger partial charge in [-0.2, -0.15) is 0 Å². The topological polar surface area (TPSA) is 9.23 Å². The van der Waals surface area contributed by atoms with E-state index in [2.05, 4.69) is 19.6 Å². The Labute approximate surface area is 74.0 Å². The van der Waals surface area contributed by atoms with E-state index in [9.17, 15) is 0 Å². The average molecular weight is 188 g/mol. The van der Waals surface area contributed by atoms with Crippen LogP contribution >= 0.6 is 0 Å². The molecule has 1 atom stereocenters. The lowest BCUT2D eigenvalue weighted by Gasteiger charge is -2.39. The Morgan fingerprint density at radius 3 is 2.36 bits per heavy atom. The maximum atomic E-state index is 6.00. The summed E-state index contributed by atoms with van der Waals surface area (Å²) in [6.45, 7) is 8.36. The summed E-state index contributed by atoms with van der Waals surface area (Å²) in [4.78, 5) is 0.498. The van der Waals surface area contributed by atoms with Gasteiger partial charge in [-0.25, -0.2) is 0 Å². The van der Waals surface area contributed by atoms with Crippen molar-refractivity contribution in [3.8, 4) is 0 Å². The van der Waals surface area contributed by atoms with Crippen LogP contribution in [0.1, 0.15) is 19.3 Å². The second-order valence-electron chi connectivity index (χ2n) is 3.88. The number of hydrogen-bond donors (Lipinski definition) is 0. The molecule has 1 fully saturated rings. The molecule has 0 aromatic carbocycles. The summed E-state index contributed by atoms with van der Waals surface area (Å²) >= 11 is 0. The third-order valence-corrected chi connectivity index (χ3v) is 11.0. The molecule has 66 valence electrons. The van der Waals surface area contributed by atoms with E-state index in [1.165, 1.54) is 19.3 Å². The molecule has 1 unspecified atom stereocenters. The zero-order valence-corrected chi connectivity index (χ0v) is 10.6. The van der Waals surface area contributed by atoms with Gasteiger partial charge in [0.1, 0.15) is 0 Å². The first-order chi connectivity index (χ1) is 5.21. The number of rotatable bonds is 2. The fourth-order valence-corrected chi connectivity index (χ4v) is 7.47. The quantitative estimate of drug-likeness (QED) is 0.590. The van der Waals surface area contributed by atoms with E-state index in [1.807, 2.05) is 0 Å². The molecule has 1 aliphatic rings. The molecular weight excluding hydrogens is 168 g/mol. The zero-order valence-electron chi connectivity index (χ0n) is 8.02. The first-order valence-corrected chi connectivity index (χ1v) is 9.86. The van der Waals surface area contributed by atoms with Crippen LogP contribution in [-0.2, 0) is 4.74 Å². The Morgan fingerprint density at radius 1 is 1.36 bits per heavy atom. The second-order valence-corrected chi connectivity index (χ2v) is 9.96. The maximum Gasteiger partial charge on any atom is 0.0645 e. The summed E-state index contributed by atoms with van der Waals surface area (Å²) in [5, 5.41) is 0. The highest BCUT2D eigenvalue weighted by atomic mass is 28.3. The molecule has 1 aliphatic heterocycles. The van der Waals surface area contributed by atoms with Gasteiger partial charge in [0.25, 0.3) is 0 Å². The molecule has 1 rings (SSSR count). The van der Waals surface area contributed by atoms with Gasteiger partial charge in [0, 0.05) is 11.5 Å². The van der Waals surface area contributed by atoms with Gasteiger partial charge in [-0.15, -0.1) is 0 Å². The lowest BCUT2D eigenvalue weighted by Crippen LogP contribution is -2.51. The molecule has 1 heterocycles. The third kappa shape index (κ3) is 1.95. The highest BCUT2D eigenvalue weighted by Crippen LogP contribution is 2.26. The van der Waals surface area contributed by atoms with Gasteiger partial charge in [0.15, 0.2) is 0 Å². The molecule has 0 aromatic rings. The predicted octanol–water partition coefficient (Wildman–Crippen LogP) is 1.13. The molecule has 0 radical (unpaired) electrons. The Bertz CT molecular complexity index is 119. The highest BCUT2D eigenvalue weighted by Gasteiger charge is 2.34. The van der Waals surface area contributed by atoms with Crippen molar-refractivity contribution in [3.63, 3.8) is 0 Å². The minimum absolute atomic E-state index is 0.0534.